The van der Waals surface area contributed by atoms with Crippen LogP contribution in [0, 0.1) is 5.92 Å². The molecule has 1 saturated heterocycles. The minimum absolute atomic E-state index is 0.00161. The second-order valence-corrected chi connectivity index (χ2v) is 10.6. The topological polar surface area (TPSA) is 97.3 Å². The number of fused-ring (bicyclic) bond motifs is 2. The number of piperidine rings is 1. The first-order valence-electron chi connectivity index (χ1n) is 11.8. The first kappa shape index (κ1) is 22.7. The highest BCUT2D eigenvalue weighted by molar-refractivity contribution is 7.90. The second-order valence-electron chi connectivity index (χ2n) is 9.00. The molecule has 0 saturated carbocycles. The van der Waals surface area contributed by atoms with Gasteiger partial charge in [0.25, 0.3) is 10.0 Å². The van der Waals surface area contributed by atoms with Crippen molar-refractivity contribution in [2.75, 3.05) is 19.7 Å². The number of ether oxygens (including phenoxy) is 2. The minimum Gasteiger partial charge on any atom is -0.494 e. The van der Waals surface area contributed by atoms with Crippen LogP contribution in [0.2, 0.25) is 0 Å². The lowest BCUT2D eigenvalue weighted by Gasteiger charge is -2.32. The monoisotopic (exact) mass is 483 g/mol. The normalized spacial score (nSPS) is 20.8. The van der Waals surface area contributed by atoms with Crippen LogP contribution in [-0.4, -0.2) is 50.9 Å². The third kappa shape index (κ3) is 4.24. The molecule has 9 heteroatoms. The molecule has 3 aliphatic rings. The molecule has 0 unspecified atom stereocenters. The molecule has 8 nitrogen and oxygen atoms in total. The number of nitrogens with one attached hydrogen (secondary N) is 1. The summed E-state index contributed by atoms with van der Waals surface area (Å²) in [7, 11) is -3.65. The van der Waals surface area contributed by atoms with Crippen molar-refractivity contribution in [2.24, 2.45) is 10.3 Å². The molecule has 5 rings (SSSR count). The fraction of sp³-hybridized carbons (Fsp3) is 0.440. The maximum absolute atomic E-state index is 12.9. The van der Waals surface area contributed by atoms with Crippen molar-refractivity contribution in [1.82, 2.24) is 10.2 Å². The van der Waals surface area contributed by atoms with Gasteiger partial charge in [0.05, 0.1) is 6.61 Å². The number of amidine groups is 1. The van der Waals surface area contributed by atoms with Crippen LogP contribution in [0.5, 0.6) is 11.5 Å². The van der Waals surface area contributed by atoms with Crippen LogP contribution < -0.4 is 14.8 Å². The highest BCUT2D eigenvalue weighted by Crippen LogP contribution is 2.35. The molecule has 2 aromatic carbocycles. The molecule has 180 valence electrons. The van der Waals surface area contributed by atoms with Gasteiger partial charge in [-0.2, -0.15) is 8.42 Å². The number of nitrogens with zero attached hydrogens (tertiary/aromatic N) is 2. The predicted octanol–water partition coefficient (Wildman–Crippen LogP) is 2.89. The maximum Gasteiger partial charge on any atom is 0.285 e. The Bertz CT molecular complexity index is 1250. The fourth-order valence-electron chi connectivity index (χ4n) is 4.91. The van der Waals surface area contributed by atoms with E-state index in [1.54, 1.807) is 18.2 Å². The van der Waals surface area contributed by atoms with E-state index in [1.807, 2.05) is 36.9 Å². The van der Waals surface area contributed by atoms with E-state index in [1.165, 1.54) is 0 Å². The Morgan fingerprint density at radius 1 is 1.24 bits per heavy atom. The van der Waals surface area contributed by atoms with Crippen molar-refractivity contribution in [3.63, 3.8) is 0 Å². The van der Waals surface area contributed by atoms with E-state index in [-0.39, 0.29) is 22.8 Å². The summed E-state index contributed by atoms with van der Waals surface area (Å²) in [6, 6.07) is 10.9. The van der Waals surface area contributed by atoms with Gasteiger partial charge in [0.2, 0.25) is 5.91 Å². The van der Waals surface area contributed by atoms with Gasteiger partial charge in [0, 0.05) is 48.7 Å². The molecule has 0 spiro atoms. The minimum atomic E-state index is -3.65. The molecular formula is C25H29N3O5S. The highest BCUT2D eigenvalue weighted by Gasteiger charge is 2.34. The van der Waals surface area contributed by atoms with Crippen molar-refractivity contribution in [3.05, 3.63) is 53.1 Å². The average Bonchev–Trinajstić information content (AvgIpc) is 3.33. The van der Waals surface area contributed by atoms with Crippen LogP contribution in [0.3, 0.4) is 0 Å². The number of sulfonamides is 1. The van der Waals surface area contributed by atoms with Crippen LogP contribution in [0.25, 0.3) is 0 Å². The van der Waals surface area contributed by atoms with E-state index in [4.69, 9.17) is 9.47 Å². The lowest BCUT2D eigenvalue weighted by atomic mass is 9.95. The zero-order valence-electron chi connectivity index (χ0n) is 19.4. The van der Waals surface area contributed by atoms with Gasteiger partial charge in [-0.1, -0.05) is 12.1 Å². The summed E-state index contributed by atoms with van der Waals surface area (Å²) in [5, 5.41) is 3.06. The Hall–Kier alpha value is -3.07. The first-order chi connectivity index (χ1) is 16.4. The molecule has 3 aliphatic heterocycles. The van der Waals surface area contributed by atoms with Gasteiger partial charge in [-0.3, -0.25) is 4.79 Å². The van der Waals surface area contributed by atoms with Crippen molar-refractivity contribution in [2.45, 2.75) is 50.7 Å². The van der Waals surface area contributed by atoms with E-state index >= 15 is 0 Å². The number of rotatable bonds is 5. The van der Waals surface area contributed by atoms with Crippen molar-refractivity contribution >= 4 is 21.8 Å². The van der Waals surface area contributed by atoms with Crippen molar-refractivity contribution in [3.8, 4) is 11.5 Å². The molecule has 1 atom stereocenters. The standard InChI is InChI=1S/C25H29N3O5S/c1-3-32-21-13-18-12-16(2)33-22(18)14-19(21)15-26-25(29)17-8-10-28(11-9-17)24-20-6-4-5-7-23(20)34(30,31)27-24/h4-7,13-14,16-17H,3,8-12,15H2,1-2H3,(H,26,29)/t16-/m1/s1. The third-order valence-corrected chi connectivity index (χ3v) is 7.93. The number of hydrogen-bond donors (Lipinski definition) is 1. The number of likely N-dealkylation sites (tertiary alicyclic amines) is 1. The van der Waals surface area contributed by atoms with E-state index in [2.05, 4.69) is 9.71 Å². The predicted molar refractivity (Wildman–Crippen MR) is 128 cm³/mol. The Morgan fingerprint density at radius 3 is 2.76 bits per heavy atom. The summed E-state index contributed by atoms with van der Waals surface area (Å²) in [4.78, 5) is 15.2. The lowest BCUT2D eigenvalue weighted by Crippen LogP contribution is -2.42. The average molecular weight is 484 g/mol. The number of carbonyl (C=O) groups excluding carboxylic acids is 1. The molecule has 3 heterocycles. The maximum atomic E-state index is 12.9. The molecule has 34 heavy (non-hydrogen) atoms. The molecular weight excluding hydrogens is 454 g/mol. The van der Waals surface area contributed by atoms with Gasteiger partial charge >= 0.3 is 0 Å². The molecule has 1 amide bonds. The van der Waals surface area contributed by atoms with Gasteiger partial charge in [-0.25, -0.2) is 0 Å². The van der Waals surface area contributed by atoms with Gasteiger partial charge in [0.15, 0.2) is 5.84 Å². The summed E-state index contributed by atoms with van der Waals surface area (Å²) < 4.78 is 40.4. The molecule has 2 aromatic rings. The molecule has 0 aromatic heterocycles. The van der Waals surface area contributed by atoms with Gasteiger partial charge in [-0.05, 0) is 51.0 Å². The smallest absolute Gasteiger partial charge is 0.285 e. The summed E-state index contributed by atoms with van der Waals surface area (Å²) in [6.45, 7) is 6.07. The summed E-state index contributed by atoms with van der Waals surface area (Å²) in [6.07, 6.45) is 2.27. The first-order valence-corrected chi connectivity index (χ1v) is 13.2. The highest BCUT2D eigenvalue weighted by atomic mass is 32.2. The van der Waals surface area contributed by atoms with E-state index in [0.717, 1.165) is 29.0 Å². The zero-order valence-corrected chi connectivity index (χ0v) is 20.2. The third-order valence-electron chi connectivity index (χ3n) is 6.61. The number of amides is 1. The number of hydrogen-bond acceptors (Lipinski definition) is 6. The fourth-order valence-corrected chi connectivity index (χ4v) is 6.13. The SMILES string of the molecule is CCOc1cc2c(cc1CNC(=O)C1CCN(C3=NS(=O)(=O)c4ccccc43)CC1)O[C@H](C)C2. The summed E-state index contributed by atoms with van der Waals surface area (Å²) in [5.74, 6) is 2.00. The molecule has 1 fully saturated rings. The molecule has 1 N–H and O–H groups in total. The van der Waals surface area contributed by atoms with Crippen LogP contribution in [-0.2, 0) is 27.8 Å². The van der Waals surface area contributed by atoms with Gasteiger partial charge < -0.3 is 19.7 Å². The van der Waals surface area contributed by atoms with Crippen molar-refractivity contribution < 1.29 is 22.7 Å². The summed E-state index contributed by atoms with van der Waals surface area (Å²) >= 11 is 0. The number of carbonyl (C=O) groups is 1. The van der Waals surface area contributed by atoms with Gasteiger partial charge in [0.1, 0.15) is 22.5 Å². The second kappa shape index (κ2) is 8.94. The number of benzene rings is 2. The van der Waals surface area contributed by atoms with Crippen LogP contribution in [0.4, 0.5) is 0 Å². The largest absolute Gasteiger partial charge is 0.494 e. The Morgan fingerprint density at radius 2 is 2.00 bits per heavy atom. The van der Waals surface area contributed by atoms with E-state index in [0.29, 0.717) is 50.5 Å². The summed E-state index contributed by atoms with van der Waals surface area (Å²) in [5.41, 5.74) is 2.68. The van der Waals surface area contributed by atoms with Crippen LogP contribution in [0.15, 0.2) is 45.7 Å². The molecule has 0 bridgehead atoms. The molecule has 0 aliphatic carbocycles. The van der Waals surface area contributed by atoms with Crippen LogP contribution in [0.1, 0.15) is 43.4 Å². The Labute approximate surface area is 200 Å². The zero-order chi connectivity index (χ0) is 23.9. The Balaban J connectivity index is 1.21. The van der Waals surface area contributed by atoms with E-state index in [9.17, 15) is 13.2 Å². The van der Waals surface area contributed by atoms with E-state index < -0.39 is 10.0 Å². The quantitative estimate of drug-likeness (QED) is 0.703. The Kier molecular flexibility index (Phi) is 5.97. The van der Waals surface area contributed by atoms with Crippen molar-refractivity contribution in [1.29, 1.82) is 0 Å². The lowest BCUT2D eigenvalue weighted by molar-refractivity contribution is -0.126. The molecule has 0 radical (unpaired) electrons. The van der Waals surface area contributed by atoms with Crippen LogP contribution >= 0.6 is 0 Å². The van der Waals surface area contributed by atoms with Gasteiger partial charge in [-0.15, -0.1) is 4.40 Å².